The van der Waals surface area contributed by atoms with Crippen LogP contribution in [0.3, 0.4) is 0 Å². The highest BCUT2D eigenvalue weighted by Gasteiger charge is 2.28. The van der Waals surface area contributed by atoms with Crippen molar-refractivity contribution in [2.45, 2.75) is 65.1 Å². The van der Waals surface area contributed by atoms with Crippen molar-refractivity contribution in [1.82, 2.24) is 19.4 Å². The van der Waals surface area contributed by atoms with E-state index in [0.717, 1.165) is 69.9 Å². The molecule has 1 unspecified atom stereocenters. The Bertz CT molecular complexity index is 2220. The number of aromatic amines is 1. The topological polar surface area (TPSA) is 118 Å². The van der Waals surface area contributed by atoms with Crippen LogP contribution < -0.4 is 11.1 Å². The third-order valence-corrected chi connectivity index (χ3v) is 9.84. The molecule has 0 saturated carbocycles. The van der Waals surface area contributed by atoms with Gasteiger partial charge < -0.3 is 25.3 Å². The van der Waals surface area contributed by atoms with Crippen LogP contribution in [0.5, 0.6) is 0 Å². The highest BCUT2D eigenvalue weighted by molar-refractivity contribution is 6.31. The second-order valence-electron chi connectivity index (χ2n) is 14.5. The van der Waals surface area contributed by atoms with E-state index in [1.165, 1.54) is 19.3 Å². The molecule has 4 N–H and O–H groups in total. The zero-order chi connectivity index (χ0) is 38.4. The number of halogens is 2. The minimum atomic E-state index is -0.725. The number of primary amides is 1. The summed E-state index contributed by atoms with van der Waals surface area (Å²) in [7, 11) is 0. The number of carbonyl (C=O) groups is 2. The molecule has 1 aliphatic heterocycles. The third-order valence-electron chi connectivity index (χ3n) is 9.35. The molecule has 0 bridgehead atoms. The second-order valence-corrected chi connectivity index (χ2v) is 15.4. The Hall–Kier alpha value is -5.09. The van der Waals surface area contributed by atoms with E-state index in [-0.39, 0.29) is 11.9 Å². The number of rotatable bonds is 8. The van der Waals surface area contributed by atoms with Gasteiger partial charge in [0.1, 0.15) is 11.3 Å². The maximum absolute atomic E-state index is 14.4. The molecule has 54 heavy (non-hydrogen) atoms. The number of hydrogen-bond acceptors (Lipinski definition) is 5. The number of amides is 2. The molecule has 9 nitrogen and oxygen atoms in total. The number of para-hydroxylation sites is 1. The summed E-state index contributed by atoms with van der Waals surface area (Å²) in [6.07, 6.45) is 4.84. The monoisotopic (exact) mass is 764 g/mol. The van der Waals surface area contributed by atoms with Gasteiger partial charge in [-0.1, -0.05) is 96.4 Å². The molecule has 1 saturated heterocycles. The first kappa shape index (κ1) is 38.6. The van der Waals surface area contributed by atoms with Crippen LogP contribution in [0.2, 0.25) is 10.0 Å². The zero-order valence-corrected chi connectivity index (χ0v) is 32.5. The van der Waals surface area contributed by atoms with E-state index in [2.05, 4.69) is 37.5 Å². The van der Waals surface area contributed by atoms with Crippen LogP contribution in [0.25, 0.3) is 33.4 Å². The van der Waals surface area contributed by atoms with Crippen LogP contribution in [-0.2, 0) is 11.3 Å². The maximum Gasteiger partial charge on any atom is 0.405 e. The first-order chi connectivity index (χ1) is 25.9. The number of aromatic nitrogens is 3. The van der Waals surface area contributed by atoms with Gasteiger partial charge in [0.05, 0.1) is 23.8 Å². The lowest BCUT2D eigenvalue weighted by Crippen LogP contribution is -2.29. The number of hydrogen-bond donors (Lipinski definition) is 3. The van der Waals surface area contributed by atoms with Crippen LogP contribution >= 0.6 is 23.2 Å². The summed E-state index contributed by atoms with van der Waals surface area (Å²) >= 11 is 12.7. The quantitative estimate of drug-likeness (QED) is 0.143. The summed E-state index contributed by atoms with van der Waals surface area (Å²) in [5, 5.41) is 5.42. The Morgan fingerprint density at radius 3 is 2.24 bits per heavy atom. The van der Waals surface area contributed by atoms with Gasteiger partial charge in [0.15, 0.2) is 0 Å². The van der Waals surface area contributed by atoms with Crippen LogP contribution in [0.15, 0.2) is 103 Å². The van der Waals surface area contributed by atoms with E-state index in [9.17, 15) is 9.59 Å². The van der Waals surface area contributed by atoms with Crippen molar-refractivity contribution in [2.24, 2.45) is 5.73 Å². The average Bonchev–Trinajstić information content (AvgIpc) is 3.74. The number of fused-ring (bicyclic) bond motifs is 1. The van der Waals surface area contributed by atoms with Crippen molar-refractivity contribution in [2.75, 3.05) is 18.4 Å². The standard InChI is InChI=1S/C38H35Cl2N5O.C5H11NO2/c1-25(26-14-16-29(39)17-15-26)45-24-41-35(27-10-4-2-5-11-27)37(45)34-31-19-18-30(40)22-33(31)42-36(34)38(46)43-32-13-7-6-12-28(32)23-44-20-8-3-9-21-44;1-5(2,3)8-4(6)7/h2,4-7,10-19,22,24-25,42H,3,8-9,20-21,23H2,1H3,(H,43,46);1-3H3,(H2,6,7). The van der Waals surface area contributed by atoms with Gasteiger partial charge >= 0.3 is 6.09 Å². The SMILES string of the molecule is CC(C)(C)OC(N)=O.CC(c1ccc(Cl)cc1)n1cnc(-c2ccccc2)c1-c1c(C(=O)Nc2ccccc2CN2CCCCC2)[nH]c2cc(Cl)ccc12. The van der Waals surface area contributed by atoms with Crippen LogP contribution in [-0.4, -0.2) is 50.1 Å². The number of piperidine rings is 1. The Morgan fingerprint density at radius 1 is 0.907 bits per heavy atom. The first-order valence-electron chi connectivity index (χ1n) is 18.2. The number of anilines is 1. The lowest BCUT2D eigenvalue weighted by Gasteiger charge is -2.27. The number of likely N-dealkylation sites (tertiary alicyclic amines) is 1. The van der Waals surface area contributed by atoms with Crippen molar-refractivity contribution in [3.05, 3.63) is 130 Å². The molecule has 2 aromatic heterocycles. The molecule has 1 aliphatic rings. The predicted molar refractivity (Wildman–Crippen MR) is 219 cm³/mol. The number of ether oxygens (including phenoxy) is 1. The molecule has 7 rings (SSSR count). The van der Waals surface area contributed by atoms with Gasteiger partial charge in [-0.05, 0) is 95.1 Å². The summed E-state index contributed by atoms with van der Waals surface area (Å²) in [4.78, 5) is 35.3. The fourth-order valence-corrected chi connectivity index (χ4v) is 7.12. The number of imidazole rings is 1. The van der Waals surface area contributed by atoms with Gasteiger partial charge in [-0.3, -0.25) is 9.69 Å². The smallest absolute Gasteiger partial charge is 0.405 e. The molecule has 1 fully saturated rings. The molecule has 0 aliphatic carbocycles. The van der Waals surface area contributed by atoms with Crippen molar-refractivity contribution in [3.63, 3.8) is 0 Å². The molecular formula is C43H46Cl2N6O3. The molecule has 4 aromatic carbocycles. The Labute approximate surface area is 326 Å². The van der Waals surface area contributed by atoms with Crippen molar-refractivity contribution >= 4 is 51.8 Å². The minimum absolute atomic E-state index is 0.101. The highest BCUT2D eigenvalue weighted by Crippen LogP contribution is 2.41. The lowest BCUT2D eigenvalue weighted by molar-refractivity contribution is 0.0599. The summed E-state index contributed by atoms with van der Waals surface area (Å²) in [6.45, 7) is 10.4. The number of nitrogens with two attached hydrogens (primary N) is 1. The number of benzene rings is 4. The predicted octanol–water partition coefficient (Wildman–Crippen LogP) is 10.7. The van der Waals surface area contributed by atoms with Gasteiger partial charge in [0.25, 0.3) is 5.91 Å². The molecular weight excluding hydrogens is 719 g/mol. The van der Waals surface area contributed by atoms with E-state index in [1.807, 2.05) is 97.3 Å². The van der Waals surface area contributed by atoms with Gasteiger partial charge in [0.2, 0.25) is 0 Å². The van der Waals surface area contributed by atoms with E-state index >= 15 is 0 Å². The van der Waals surface area contributed by atoms with Crippen LogP contribution in [0.1, 0.15) is 74.6 Å². The molecule has 2 amide bonds. The fourth-order valence-electron chi connectivity index (χ4n) is 6.82. The van der Waals surface area contributed by atoms with Crippen molar-refractivity contribution < 1.29 is 14.3 Å². The molecule has 280 valence electrons. The Kier molecular flexibility index (Phi) is 12.1. The van der Waals surface area contributed by atoms with Gasteiger partial charge in [-0.2, -0.15) is 0 Å². The van der Waals surface area contributed by atoms with E-state index in [4.69, 9.17) is 33.9 Å². The number of nitrogens with one attached hydrogen (secondary N) is 2. The Balaban J connectivity index is 0.000000561. The third kappa shape index (κ3) is 9.34. The number of nitrogens with zero attached hydrogens (tertiary/aromatic N) is 3. The summed E-state index contributed by atoms with van der Waals surface area (Å²) in [5.74, 6) is -0.223. The van der Waals surface area contributed by atoms with E-state index < -0.39 is 11.7 Å². The van der Waals surface area contributed by atoms with Crippen molar-refractivity contribution in [3.8, 4) is 22.5 Å². The zero-order valence-electron chi connectivity index (χ0n) is 31.0. The molecule has 3 heterocycles. The van der Waals surface area contributed by atoms with Gasteiger partial charge in [-0.15, -0.1) is 0 Å². The molecule has 1 atom stereocenters. The maximum atomic E-state index is 14.4. The highest BCUT2D eigenvalue weighted by atomic mass is 35.5. The summed E-state index contributed by atoms with van der Waals surface area (Å²) < 4.78 is 6.72. The van der Waals surface area contributed by atoms with Crippen molar-refractivity contribution in [1.29, 1.82) is 0 Å². The van der Waals surface area contributed by atoms with Crippen LogP contribution in [0, 0.1) is 0 Å². The van der Waals surface area contributed by atoms with Gasteiger partial charge in [0, 0.05) is 44.3 Å². The summed E-state index contributed by atoms with van der Waals surface area (Å²) in [5.41, 5.74) is 11.8. The summed E-state index contributed by atoms with van der Waals surface area (Å²) in [6, 6.07) is 31.6. The van der Waals surface area contributed by atoms with Crippen LogP contribution in [0.4, 0.5) is 10.5 Å². The number of carbonyl (C=O) groups excluding carboxylic acids is 2. The molecule has 6 aromatic rings. The number of H-pyrrole nitrogens is 1. The lowest BCUT2D eigenvalue weighted by atomic mass is 9.99. The van der Waals surface area contributed by atoms with Gasteiger partial charge in [-0.25, -0.2) is 9.78 Å². The minimum Gasteiger partial charge on any atom is -0.444 e. The second kappa shape index (κ2) is 16.9. The van der Waals surface area contributed by atoms with E-state index in [1.54, 1.807) is 20.8 Å². The average molecular weight is 766 g/mol. The largest absolute Gasteiger partial charge is 0.444 e. The Morgan fingerprint density at radius 2 is 1.57 bits per heavy atom. The fraction of sp³-hybridized carbons (Fsp3) is 0.279. The molecule has 0 spiro atoms. The first-order valence-corrected chi connectivity index (χ1v) is 18.9. The van der Waals surface area contributed by atoms with E-state index in [0.29, 0.717) is 15.7 Å². The normalized spacial score (nSPS) is 13.9. The molecule has 11 heteroatoms. The molecule has 0 radical (unpaired) electrons.